The molecular formula is C16H24N4O4. The predicted molar refractivity (Wildman–Crippen MR) is 87.1 cm³/mol. The van der Waals surface area contributed by atoms with Gasteiger partial charge in [0.15, 0.2) is 0 Å². The molecule has 0 aliphatic carbocycles. The number of carbonyl (C=O) groups excluding carboxylic acids is 1. The van der Waals surface area contributed by atoms with Crippen LogP contribution in [0.25, 0.3) is 0 Å². The Labute approximate surface area is 141 Å². The van der Waals surface area contributed by atoms with Crippen molar-refractivity contribution in [2.75, 3.05) is 52.0 Å². The van der Waals surface area contributed by atoms with Crippen LogP contribution in [0.2, 0.25) is 0 Å². The van der Waals surface area contributed by atoms with Crippen LogP contribution >= 0.6 is 0 Å². The summed E-state index contributed by atoms with van der Waals surface area (Å²) in [5.41, 5.74) is -0.538. The maximum absolute atomic E-state index is 12.8. The molecule has 1 aromatic rings. The number of fused-ring (bicyclic) bond motifs is 1. The van der Waals surface area contributed by atoms with Gasteiger partial charge < -0.3 is 24.4 Å². The van der Waals surface area contributed by atoms with Crippen molar-refractivity contribution in [3.05, 3.63) is 12.4 Å². The van der Waals surface area contributed by atoms with Crippen molar-refractivity contribution in [2.45, 2.75) is 18.9 Å². The molecule has 0 saturated carbocycles. The second-order valence-electron chi connectivity index (χ2n) is 6.14. The number of hydrogen-bond acceptors (Lipinski definition) is 7. The van der Waals surface area contributed by atoms with E-state index in [1.807, 2.05) is 0 Å². The number of ether oxygens (including phenoxy) is 3. The van der Waals surface area contributed by atoms with Gasteiger partial charge in [-0.3, -0.25) is 4.79 Å². The summed E-state index contributed by atoms with van der Waals surface area (Å²) in [5.74, 6) is 1.33. The fourth-order valence-electron chi connectivity index (χ4n) is 3.52. The highest BCUT2D eigenvalue weighted by Crippen LogP contribution is 2.42. The third kappa shape index (κ3) is 3.16. The van der Waals surface area contributed by atoms with E-state index in [1.54, 1.807) is 20.3 Å². The molecule has 0 aromatic carbocycles. The lowest BCUT2D eigenvalue weighted by Gasteiger charge is -2.42. The van der Waals surface area contributed by atoms with Gasteiger partial charge in [0.1, 0.15) is 12.1 Å². The minimum atomic E-state index is -0.538. The molecule has 0 spiro atoms. The first-order chi connectivity index (χ1) is 11.7. The fraction of sp³-hybridized carbons (Fsp3) is 0.688. The van der Waals surface area contributed by atoms with Crippen LogP contribution in [-0.2, 0) is 14.3 Å². The van der Waals surface area contributed by atoms with E-state index in [9.17, 15) is 4.79 Å². The molecule has 3 rings (SSSR count). The summed E-state index contributed by atoms with van der Waals surface area (Å²) >= 11 is 0. The van der Waals surface area contributed by atoms with E-state index in [4.69, 9.17) is 14.2 Å². The van der Waals surface area contributed by atoms with Crippen molar-refractivity contribution in [3.63, 3.8) is 0 Å². The maximum Gasteiger partial charge on any atom is 0.230 e. The van der Waals surface area contributed by atoms with Gasteiger partial charge >= 0.3 is 0 Å². The van der Waals surface area contributed by atoms with Crippen LogP contribution in [0, 0.1) is 5.41 Å². The van der Waals surface area contributed by atoms with Crippen LogP contribution in [-0.4, -0.2) is 69.0 Å². The largest absolute Gasteiger partial charge is 0.481 e. The summed E-state index contributed by atoms with van der Waals surface area (Å²) in [4.78, 5) is 23.3. The Balaban J connectivity index is 1.77. The van der Waals surface area contributed by atoms with E-state index < -0.39 is 5.41 Å². The summed E-state index contributed by atoms with van der Waals surface area (Å²) in [6.45, 7) is 2.99. The highest BCUT2D eigenvalue weighted by molar-refractivity contribution is 5.84. The lowest BCUT2D eigenvalue weighted by atomic mass is 9.75. The Morgan fingerprint density at radius 1 is 1.50 bits per heavy atom. The van der Waals surface area contributed by atoms with Crippen LogP contribution in [0.15, 0.2) is 12.4 Å². The zero-order chi connectivity index (χ0) is 17.0. The van der Waals surface area contributed by atoms with E-state index in [-0.39, 0.29) is 12.0 Å². The molecule has 8 heteroatoms. The molecule has 0 unspecified atom stereocenters. The molecule has 2 fully saturated rings. The number of aromatic nitrogens is 2. The highest BCUT2D eigenvalue weighted by atomic mass is 16.5. The monoisotopic (exact) mass is 336 g/mol. The summed E-state index contributed by atoms with van der Waals surface area (Å²) in [6.07, 6.45) is 2.95. The summed E-state index contributed by atoms with van der Waals surface area (Å²) < 4.78 is 16.0. The third-order valence-electron chi connectivity index (χ3n) is 4.82. The highest BCUT2D eigenvalue weighted by Gasteiger charge is 2.53. The molecule has 1 aromatic heterocycles. The van der Waals surface area contributed by atoms with Gasteiger partial charge in [0.2, 0.25) is 11.8 Å². The minimum Gasteiger partial charge on any atom is -0.481 e. The van der Waals surface area contributed by atoms with Crippen LogP contribution in [0.1, 0.15) is 12.8 Å². The van der Waals surface area contributed by atoms with Gasteiger partial charge in [-0.2, -0.15) is 0 Å². The number of anilines is 1. The Morgan fingerprint density at radius 2 is 2.38 bits per heavy atom. The van der Waals surface area contributed by atoms with Crippen LogP contribution in [0.4, 0.5) is 5.82 Å². The molecule has 2 aliphatic rings. The Kier molecular flexibility index (Phi) is 5.15. The molecule has 1 N–H and O–H groups in total. The Morgan fingerprint density at radius 3 is 3.17 bits per heavy atom. The van der Waals surface area contributed by atoms with Crippen molar-refractivity contribution in [3.8, 4) is 5.88 Å². The molecule has 8 nitrogen and oxygen atoms in total. The second kappa shape index (κ2) is 7.31. The normalized spacial score (nSPS) is 26.1. The number of nitrogens with zero attached hydrogens (tertiary/aromatic N) is 3. The number of hydrogen-bond donors (Lipinski definition) is 1. The summed E-state index contributed by atoms with van der Waals surface area (Å²) in [6, 6.07) is 1.80. The number of methoxy groups -OCH3 is 2. The van der Waals surface area contributed by atoms with Crippen LogP contribution in [0.3, 0.4) is 0 Å². The number of rotatable bonds is 6. The average Bonchev–Trinajstić information content (AvgIpc) is 3.06. The van der Waals surface area contributed by atoms with Crippen molar-refractivity contribution >= 4 is 11.7 Å². The molecule has 2 atom stereocenters. The van der Waals surface area contributed by atoms with Gasteiger partial charge in [-0.1, -0.05) is 0 Å². The van der Waals surface area contributed by atoms with E-state index in [2.05, 4.69) is 20.2 Å². The van der Waals surface area contributed by atoms with Gasteiger partial charge in [-0.25, -0.2) is 9.97 Å². The van der Waals surface area contributed by atoms with Crippen molar-refractivity contribution in [1.29, 1.82) is 0 Å². The second-order valence-corrected chi connectivity index (χ2v) is 6.14. The molecular weight excluding hydrogens is 312 g/mol. The number of nitrogens with one attached hydrogen (secondary N) is 1. The molecule has 1 amide bonds. The lowest BCUT2D eigenvalue weighted by Crippen LogP contribution is -2.57. The quantitative estimate of drug-likeness (QED) is 0.744. The summed E-state index contributed by atoms with van der Waals surface area (Å²) in [5, 5.41) is 2.98. The predicted octanol–water partition coefficient (Wildman–Crippen LogP) is 0.233. The zero-order valence-corrected chi connectivity index (χ0v) is 14.2. The van der Waals surface area contributed by atoms with Crippen LogP contribution in [0.5, 0.6) is 5.88 Å². The average molecular weight is 336 g/mol. The van der Waals surface area contributed by atoms with E-state index in [1.165, 1.54) is 6.33 Å². The van der Waals surface area contributed by atoms with Crippen molar-refractivity contribution < 1.29 is 19.0 Å². The van der Waals surface area contributed by atoms with Crippen molar-refractivity contribution in [2.24, 2.45) is 5.41 Å². The Hall–Kier alpha value is -1.93. The van der Waals surface area contributed by atoms with E-state index >= 15 is 0 Å². The van der Waals surface area contributed by atoms with Gasteiger partial charge in [-0.05, 0) is 12.8 Å². The molecule has 2 saturated heterocycles. The van der Waals surface area contributed by atoms with Gasteiger partial charge in [0.05, 0.1) is 25.2 Å². The first kappa shape index (κ1) is 16.9. The maximum atomic E-state index is 12.8. The standard InChI is InChI=1S/C16H24N4O4/c1-22-8-5-17-15(21)16-4-7-24-12(16)3-6-20(10-16)13-9-14(23-2)19-11-18-13/h9,11-12H,3-8,10H2,1-2H3,(H,17,21)/t12-,16-/m0/s1. The van der Waals surface area contributed by atoms with Crippen LogP contribution < -0.4 is 15.0 Å². The molecule has 3 heterocycles. The van der Waals surface area contributed by atoms with Gasteiger partial charge in [0, 0.05) is 39.4 Å². The third-order valence-corrected chi connectivity index (χ3v) is 4.82. The molecule has 132 valence electrons. The van der Waals surface area contributed by atoms with E-state index in [0.29, 0.717) is 32.2 Å². The topological polar surface area (TPSA) is 85.8 Å². The SMILES string of the molecule is COCCNC(=O)[C@]12CCO[C@H]1CCN(c1cc(OC)ncn1)C2. The number of amides is 1. The summed E-state index contributed by atoms with van der Waals surface area (Å²) in [7, 11) is 3.20. The first-order valence-electron chi connectivity index (χ1n) is 8.19. The Bertz CT molecular complexity index is 585. The fourth-order valence-corrected chi connectivity index (χ4v) is 3.52. The minimum absolute atomic E-state index is 0.0350. The van der Waals surface area contributed by atoms with Crippen molar-refractivity contribution in [1.82, 2.24) is 15.3 Å². The molecule has 2 aliphatic heterocycles. The zero-order valence-electron chi connectivity index (χ0n) is 14.2. The number of piperidine rings is 1. The lowest BCUT2D eigenvalue weighted by molar-refractivity contribution is -0.135. The van der Waals surface area contributed by atoms with E-state index in [0.717, 1.165) is 25.2 Å². The first-order valence-corrected chi connectivity index (χ1v) is 8.19. The molecule has 0 bridgehead atoms. The van der Waals surface area contributed by atoms with Gasteiger partial charge in [-0.15, -0.1) is 0 Å². The molecule has 0 radical (unpaired) electrons. The van der Waals surface area contributed by atoms with Gasteiger partial charge in [0.25, 0.3) is 0 Å². The molecule has 24 heavy (non-hydrogen) atoms. The smallest absolute Gasteiger partial charge is 0.230 e. The number of carbonyl (C=O) groups is 1.